The lowest BCUT2D eigenvalue weighted by Gasteiger charge is -2.22. The van der Waals surface area contributed by atoms with E-state index in [2.05, 4.69) is 15.6 Å². The van der Waals surface area contributed by atoms with Gasteiger partial charge in [0.2, 0.25) is 11.8 Å². The molecule has 23 heavy (non-hydrogen) atoms. The molecule has 2 aliphatic rings. The molecule has 0 spiro atoms. The fourth-order valence-corrected chi connectivity index (χ4v) is 2.68. The molecule has 2 amide bonds. The molecule has 1 N–H and O–H groups in total. The monoisotopic (exact) mass is 321 g/mol. The molecule has 0 aromatic carbocycles. The molecule has 1 atom stereocenters. The van der Waals surface area contributed by atoms with E-state index in [9.17, 15) is 14.4 Å². The Labute approximate surface area is 133 Å². The van der Waals surface area contributed by atoms with Gasteiger partial charge in [-0.1, -0.05) is 5.21 Å². The molecule has 1 unspecified atom stereocenters. The van der Waals surface area contributed by atoms with Gasteiger partial charge in [0.1, 0.15) is 12.6 Å². The van der Waals surface area contributed by atoms with Crippen molar-refractivity contribution in [3.05, 3.63) is 6.20 Å². The zero-order chi connectivity index (χ0) is 16.4. The van der Waals surface area contributed by atoms with Gasteiger partial charge in [-0.25, -0.2) is 9.48 Å². The van der Waals surface area contributed by atoms with Gasteiger partial charge in [-0.05, 0) is 25.7 Å². The molecule has 124 valence electrons. The number of carbonyl (C=O) groups is 3. The lowest BCUT2D eigenvalue weighted by molar-refractivity contribution is -0.151. The highest BCUT2D eigenvalue weighted by Gasteiger charge is 2.35. The highest BCUT2D eigenvalue weighted by Crippen LogP contribution is 2.29. The smallest absolute Gasteiger partial charge is 0.328 e. The molecule has 9 nitrogen and oxygen atoms in total. The number of nitrogens with zero attached hydrogens (tertiary/aromatic N) is 4. The zero-order valence-corrected chi connectivity index (χ0v) is 12.9. The Morgan fingerprint density at radius 1 is 1.35 bits per heavy atom. The van der Waals surface area contributed by atoms with Gasteiger partial charge in [0.25, 0.3) is 0 Å². The Kier molecular flexibility index (Phi) is 4.26. The summed E-state index contributed by atoms with van der Waals surface area (Å²) in [5, 5.41) is 10.3. The second kappa shape index (κ2) is 6.35. The van der Waals surface area contributed by atoms with Crippen molar-refractivity contribution >= 4 is 23.6 Å². The average molecular weight is 321 g/mol. The molecule has 1 aliphatic carbocycles. The lowest BCUT2D eigenvalue weighted by atomic mass is 10.2. The van der Waals surface area contributed by atoms with Crippen molar-refractivity contribution in [1.29, 1.82) is 0 Å². The Morgan fingerprint density at radius 2 is 2.13 bits per heavy atom. The van der Waals surface area contributed by atoms with Gasteiger partial charge in [0.05, 0.1) is 13.3 Å². The van der Waals surface area contributed by atoms with Crippen LogP contribution in [0.5, 0.6) is 0 Å². The Bertz CT molecular complexity index is 624. The summed E-state index contributed by atoms with van der Waals surface area (Å²) in [5.74, 6) is -0.267. The fraction of sp³-hybridized carbons (Fsp3) is 0.643. The van der Waals surface area contributed by atoms with Gasteiger partial charge in [0.15, 0.2) is 5.82 Å². The third kappa shape index (κ3) is 3.49. The van der Waals surface area contributed by atoms with Crippen LogP contribution < -0.4 is 5.32 Å². The number of methoxy groups -OCH3 is 1. The molecule has 0 bridgehead atoms. The molecule has 2 fully saturated rings. The van der Waals surface area contributed by atoms with Crippen LogP contribution in [0.1, 0.15) is 25.7 Å². The number of likely N-dealkylation sites (tertiary alicyclic amines) is 1. The van der Waals surface area contributed by atoms with Crippen LogP contribution in [0.2, 0.25) is 0 Å². The van der Waals surface area contributed by atoms with Crippen LogP contribution >= 0.6 is 0 Å². The van der Waals surface area contributed by atoms with Gasteiger partial charge in [-0.15, -0.1) is 5.10 Å². The van der Waals surface area contributed by atoms with E-state index in [0.29, 0.717) is 18.8 Å². The minimum absolute atomic E-state index is 0.0280. The number of ether oxygens (including phenoxy) is 1. The fourth-order valence-electron chi connectivity index (χ4n) is 2.68. The predicted octanol–water partition coefficient (Wildman–Crippen LogP) is -0.209. The van der Waals surface area contributed by atoms with Crippen LogP contribution in [0.15, 0.2) is 6.20 Å². The summed E-state index contributed by atoms with van der Waals surface area (Å²) in [6.07, 6.45) is 4.70. The average Bonchev–Trinajstić information content (AvgIpc) is 3.12. The second-order valence-corrected chi connectivity index (χ2v) is 5.83. The normalized spacial score (nSPS) is 20.4. The van der Waals surface area contributed by atoms with Gasteiger partial charge in [-0.3, -0.25) is 9.59 Å². The van der Waals surface area contributed by atoms with Crippen LogP contribution in [0, 0.1) is 5.92 Å². The van der Waals surface area contributed by atoms with Gasteiger partial charge in [-0.2, -0.15) is 0 Å². The van der Waals surface area contributed by atoms with Crippen molar-refractivity contribution in [3.63, 3.8) is 0 Å². The molecular weight excluding hydrogens is 302 g/mol. The number of esters is 1. The van der Waals surface area contributed by atoms with E-state index in [0.717, 1.165) is 19.3 Å². The predicted molar refractivity (Wildman–Crippen MR) is 78.1 cm³/mol. The maximum atomic E-state index is 12.3. The highest BCUT2D eigenvalue weighted by atomic mass is 16.5. The van der Waals surface area contributed by atoms with Crippen molar-refractivity contribution in [2.24, 2.45) is 5.92 Å². The topological polar surface area (TPSA) is 106 Å². The number of hydrogen-bond donors (Lipinski definition) is 1. The van der Waals surface area contributed by atoms with Crippen LogP contribution in [-0.4, -0.2) is 57.4 Å². The molecule has 1 aliphatic heterocycles. The SMILES string of the molecule is COC(=O)C1CCCN1C(=O)Cn1cc(NC(=O)C2CC2)nn1. The van der Waals surface area contributed by atoms with Crippen molar-refractivity contribution in [2.45, 2.75) is 38.3 Å². The van der Waals surface area contributed by atoms with E-state index in [1.807, 2.05) is 0 Å². The number of carbonyl (C=O) groups excluding carboxylic acids is 3. The number of aromatic nitrogens is 3. The quantitative estimate of drug-likeness (QED) is 0.752. The van der Waals surface area contributed by atoms with Crippen LogP contribution in [0.25, 0.3) is 0 Å². The second-order valence-electron chi connectivity index (χ2n) is 5.83. The lowest BCUT2D eigenvalue weighted by Crippen LogP contribution is -2.42. The number of nitrogens with one attached hydrogen (secondary N) is 1. The van der Waals surface area contributed by atoms with Crippen LogP contribution in [0.3, 0.4) is 0 Å². The van der Waals surface area contributed by atoms with E-state index >= 15 is 0 Å². The largest absolute Gasteiger partial charge is 0.467 e. The Hall–Kier alpha value is -2.45. The first-order valence-corrected chi connectivity index (χ1v) is 7.67. The summed E-state index contributed by atoms with van der Waals surface area (Å²) in [6.45, 7) is 0.498. The molecule has 0 radical (unpaired) electrons. The molecule has 1 saturated carbocycles. The molecule has 2 heterocycles. The molecule has 9 heteroatoms. The summed E-state index contributed by atoms with van der Waals surface area (Å²) in [5.41, 5.74) is 0. The van der Waals surface area contributed by atoms with E-state index in [1.54, 1.807) is 0 Å². The first-order chi connectivity index (χ1) is 11.1. The molecular formula is C14H19N5O4. The van der Waals surface area contributed by atoms with Crippen LogP contribution in [-0.2, 0) is 25.7 Å². The third-order valence-electron chi connectivity index (χ3n) is 4.08. The summed E-state index contributed by atoms with van der Waals surface area (Å²) in [4.78, 5) is 37.2. The highest BCUT2D eigenvalue weighted by molar-refractivity contribution is 5.93. The summed E-state index contributed by atoms with van der Waals surface area (Å²) in [6, 6.07) is -0.523. The summed E-state index contributed by atoms with van der Waals surface area (Å²) >= 11 is 0. The van der Waals surface area contributed by atoms with Crippen molar-refractivity contribution in [1.82, 2.24) is 19.9 Å². The molecule has 3 rings (SSSR count). The van der Waals surface area contributed by atoms with Gasteiger partial charge >= 0.3 is 5.97 Å². The van der Waals surface area contributed by atoms with E-state index in [4.69, 9.17) is 4.74 Å². The number of rotatable bonds is 5. The number of hydrogen-bond acceptors (Lipinski definition) is 6. The van der Waals surface area contributed by atoms with Crippen molar-refractivity contribution < 1.29 is 19.1 Å². The van der Waals surface area contributed by atoms with Crippen molar-refractivity contribution in [3.8, 4) is 0 Å². The number of anilines is 1. The minimum Gasteiger partial charge on any atom is -0.467 e. The summed E-state index contributed by atoms with van der Waals surface area (Å²) in [7, 11) is 1.32. The minimum atomic E-state index is -0.523. The first-order valence-electron chi connectivity index (χ1n) is 7.67. The summed E-state index contributed by atoms with van der Waals surface area (Å²) < 4.78 is 6.08. The standard InChI is InChI=1S/C14H19N5O4/c1-23-14(22)10-3-2-6-19(10)12(20)8-18-7-11(16-17-18)15-13(21)9-4-5-9/h7,9-10H,2-6,8H2,1H3,(H,15,21). The first kappa shape index (κ1) is 15.4. The zero-order valence-electron chi connectivity index (χ0n) is 12.9. The van der Waals surface area contributed by atoms with E-state index in [-0.39, 0.29) is 24.3 Å². The van der Waals surface area contributed by atoms with Crippen LogP contribution in [0.4, 0.5) is 5.82 Å². The maximum absolute atomic E-state index is 12.3. The van der Waals surface area contributed by atoms with E-state index < -0.39 is 12.0 Å². The molecule has 1 aromatic heterocycles. The van der Waals surface area contributed by atoms with Crippen molar-refractivity contribution in [2.75, 3.05) is 19.0 Å². The third-order valence-corrected chi connectivity index (χ3v) is 4.08. The molecule has 1 aromatic rings. The number of amides is 2. The maximum Gasteiger partial charge on any atom is 0.328 e. The Balaban J connectivity index is 1.58. The Morgan fingerprint density at radius 3 is 2.83 bits per heavy atom. The molecule has 1 saturated heterocycles. The van der Waals surface area contributed by atoms with E-state index in [1.165, 1.54) is 22.9 Å². The van der Waals surface area contributed by atoms with Gasteiger partial charge in [0, 0.05) is 12.5 Å². The van der Waals surface area contributed by atoms with Gasteiger partial charge < -0.3 is 15.0 Å².